The van der Waals surface area contributed by atoms with E-state index in [0.29, 0.717) is 6.04 Å². The number of benzene rings is 1. The second-order valence-electron chi connectivity index (χ2n) is 4.25. The van der Waals surface area contributed by atoms with Crippen molar-refractivity contribution in [1.29, 1.82) is 0 Å². The summed E-state index contributed by atoms with van der Waals surface area (Å²) < 4.78 is 1.17. The predicted octanol–water partition coefficient (Wildman–Crippen LogP) is 2.75. The van der Waals surface area contributed by atoms with Crippen LogP contribution in [0.15, 0.2) is 22.7 Å². The Morgan fingerprint density at radius 2 is 2.27 bits per heavy atom. The number of nitrogens with two attached hydrogens (primary N) is 1. The molecule has 1 aliphatic rings. The van der Waals surface area contributed by atoms with E-state index < -0.39 is 0 Å². The Bertz CT molecular complexity index is 516. The van der Waals surface area contributed by atoms with Gasteiger partial charge in [-0.3, -0.25) is 0 Å². The molecule has 0 bridgehead atoms. The third-order valence-electron chi connectivity index (χ3n) is 3.20. The highest BCUT2D eigenvalue weighted by atomic mass is 79.9. The monoisotopic (exact) mass is 264 g/mol. The van der Waals surface area contributed by atoms with Gasteiger partial charge in [-0.25, -0.2) is 0 Å². The molecule has 1 atom stereocenters. The number of aryl methyl sites for hydroxylation is 1. The summed E-state index contributed by atoms with van der Waals surface area (Å²) in [4.78, 5) is 3.49. The van der Waals surface area contributed by atoms with E-state index >= 15 is 0 Å². The molecular weight excluding hydrogens is 252 g/mol. The molecule has 2 nitrogen and oxygen atoms in total. The Morgan fingerprint density at radius 3 is 3.13 bits per heavy atom. The Morgan fingerprint density at radius 1 is 1.40 bits per heavy atom. The lowest BCUT2D eigenvalue weighted by atomic mass is 9.92. The first kappa shape index (κ1) is 9.43. The summed E-state index contributed by atoms with van der Waals surface area (Å²) in [6, 6.07) is 6.61. The van der Waals surface area contributed by atoms with Crippen LogP contribution in [0.1, 0.15) is 17.7 Å². The molecule has 1 aromatic heterocycles. The van der Waals surface area contributed by atoms with Gasteiger partial charge in [0.25, 0.3) is 0 Å². The van der Waals surface area contributed by atoms with Crippen LogP contribution in [0.3, 0.4) is 0 Å². The Kier molecular flexibility index (Phi) is 2.11. The first-order chi connectivity index (χ1) is 7.25. The van der Waals surface area contributed by atoms with Gasteiger partial charge in [0.2, 0.25) is 0 Å². The minimum atomic E-state index is 0.323. The standard InChI is InChI=1S/C12H13BrN2/c13-9-2-1-3-11-12(9)8-6-7(14)4-5-10(8)15-11/h1-3,7,15H,4-6,14H2. The van der Waals surface area contributed by atoms with Crippen LogP contribution < -0.4 is 5.73 Å². The topological polar surface area (TPSA) is 41.8 Å². The number of hydrogen-bond acceptors (Lipinski definition) is 1. The first-order valence-electron chi connectivity index (χ1n) is 5.29. The largest absolute Gasteiger partial charge is 0.358 e. The summed E-state index contributed by atoms with van der Waals surface area (Å²) in [5, 5.41) is 1.32. The van der Waals surface area contributed by atoms with Crippen molar-refractivity contribution in [3.8, 4) is 0 Å². The van der Waals surface area contributed by atoms with Gasteiger partial charge in [0.15, 0.2) is 0 Å². The van der Waals surface area contributed by atoms with Gasteiger partial charge in [-0.1, -0.05) is 22.0 Å². The number of rotatable bonds is 0. The van der Waals surface area contributed by atoms with Crippen molar-refractivity contribution >= 4 is 26.8 Å². The molecule has 0 saturated carbocycles. The smallest absolute Gasteiger partial charge is 0.0470 e. The van der Waals surface area contributed by atoms with Crippen LogP contribution in [0.4, 0.5) is 0 Å². The molecule has 0 spiro atoms. The zero-order chi connectivity index (χ0) is 10.4. The fraction of sp³-hybridized carbons (Fsp3) is 0.333. The fourth-order valence-corrected chi connectivity index (χ4v) is 3.06. The molecule has 3 heteroatoms. The van der Waals surface area contributed by atoms with Crippen LogP contribution in [-0.2, 0) is 12.8 Å². The summed E-state index contributed by atoms with van der Waals surface area (Å²) >= 11 is 3.61. The van der Waals surface area contributed by atoms with E-state index in [1.807, 2.05) is 0 Å². The van der Waals surface area contributed by atoms with Gasteiger partial charge in [-0.05, 0) is 37.0 Å². The Hall–Kier alpha value is -0.800. The zero-order valence-corrected chi connectivity index (χ0v) is 9.97. The number of aromatic amines is 1. The molecule has 0 amide bonds. The second kappa shape index (κ2) is 3.35. The van der Waals surface area contributed by atoms with Crippen molar-refractivity contribution in [3.63, 3.8) is 0 Å². The summed E-state index contributed by atoms with van der Waals surface area (Å²) in [6.07, 6.45) is 3.17. The molecule has 3 N–H and O–H groups in total. The van der Waals surface area contributed by atoms with Gasteiger partial charge in [0.1, 0.15) is 0 Å². The molecule has 1 heterocycles. The summed E-state index contributed by atoms with van der Waals surface area (Å²) in [5.41, 5.74) is 10.0. The van der Waals surface area contributed by atoms with Crippen LogP contribution >= 0.6 is 15.9 Å². The minimum Gasteiger partial charge on any atom is -0.358 e. The first-order valence-corrected chi connectivity index (χ1v) is 6.08. The summed E-state index contributed by atoms with van der Waals surface area (Å²) in [7, 11) is 0. The molecule has 0 radical (unpaired) electrons. The highest BCUT2D eigenvalue weighted by Gasteiger charge is 2.20. The lowest BCUT2D eigenvalue weighted by Crippen LogP contribution is -2.27. The van der Waals surface area contributed by atoms with Gasteiger partial charge in [-0.2, -0.15) is 0 Å². The van der Waals surface area contributed by atoms with Crippen molar-refractivity contribution in [3.05, 3.63) is 33.9 Å². The van der Waals surface area contributed by atoms with Crippen molar-refractivity contribution in [2.75, 3.05) is 0 Å². The number of halogens is 1. The predicted molar refractivity (Wildman–Crippen MR) is 66.0 cm³/mol. The number of hydrogen-bond donors (Lipinski definition) is 2. The average molecular weight is 265 g/mol. The van der Waals surface area contributed by atoms with E-state index in [1.54, 1.807) is 0 Å². The molecule has 1 aromatic carbocycles. The molecule has 3 rings (SSSR count). The number of nitrogens with one attached hydrogen (secondary N) is 1. The SMILES string of the molecule is NC1CCc2[nH]c3cccc(Br)c3c2C1. The molecule has 2 aromatic rings. The van der Waals surface area contributed by atoms with Gasteiger partial charge in [0, 0.05) is 27.1 Å². The fourth-order valence-electron chi connectivity index (χ4n) is 2.46. The van der Waals surface area contributed by atoms with Crippen molar-refractivity contribution < 1.29 is 0 Å². The molecule has 15 heavy (non-hydrogen) atoms. The van der Waals surface area contributed by atoms with E-state index in [4.69, 9.17) is 5.73 Å². The number of H-pyrrole nitrogens is 1. The van der Waals surface area contributed by atoms with Gasteiger partial charge >= 0.3 is 0 Å². The molecule has 1 unspecified atom stereocenters. The molecule has 0 saturated heterocycles. The summed E-state index contributed by atoms with van der Waals surface area (Å²) in [6.45, 7) is 0. The van der Waals surface area contributed by atoms with E-state index in [-0.39, 0.29) is 0 Å². The average Bonchev–Trinajstić information content (AvgIpc) is 2.57. The van der Waals surface area contributed by atoms with Crippen LogP contribution in [0.5, 0.6) is 0 Å². The molecule has 1 aliphatic carbocycles. The maximum Gasteiger partial charge on any atom is 0.0470 e. The van der Waals surface area contributed by atoms with Crippen LogP contribution in [-0.4, -0.2) is 11.0 Å². The minimum absolute atomic E-state index is 0.323. The quantitative estimate of drug-likeness (QED) is 0.755. The third-order valence-corrected chi connectivity index (χ3v) is 3.86. The van der Waals surface area contributed by atoms with E-state index in [1.165, 1.54) is 26.6 Å². The van der Waals surface area contributed by atoms with Crippen molar-refractivity contribution in [2.45, 2.75) is 25.3 Å². The van der Waals surface area contributed by atoms with E-state index in [9.17, 15) is 0 Å². The highest BCUT2D eigenvalue weighted by Crippen LogP contribution is 2.33. The molecular formula is C12H13BrN2. The van der Waals surface area contributed by atoms with Gasteiger partial charge in [0.05, 0.1) is 0 Å². The molecule has 78 valence electrons. The Balaban J connectivity index is 2.30. The molecule has 0 aliphatic heterocycles. The summed E-state index contributed by atoms with van der Waals surface area (Å²) in [5.74, 6) is 0. The second-order valence-corrected chi connectivity index (χ2v) is 5.10. The lowest BCUT2D eigenvalue weighted by Gasteiger charge is -2.18. The normalized spacial score (nSPS) is 20.5. The lowest BCUT2D eigenvalue weighted by molar-refractivity contribution is 0.574. The van der Waals surface area contributed by atoms with Crippen LogP contribution in [0, 0.1) is 0 Å². The highest BCUT2D eigenvalue weighted by molar-refractivity contribution is 9.10. The van der Waals surface area contributed by atoms with Crippen LogP contribution in [0.2, 0.25) is 0 Å². The zero-order valence-electron chi connectivity index (χ0n) is 8.39. The van der Waals surface area contributed by atoms with Crippen molar-refractivity contribution in [2.24, 2.45) is 5.73 Å². The Labute approximate surface area is 97.0 Å². The van der Waals surface area contributed by atoms with E-state index in [2.05, 4.69) is 39.1 Å². The van der Waals surface area contributed by atoms with Gasteiger partial charge < -0.3 is 10.7 Å². The maximum absolute atomic E-state index is 6.02. The number of aromatic nitrogens is 1. The van der Waals surface area contributed by atoms with Gasteiger partial charge in [-0.15, -0.1) is 0 Å². The number of fused-ring (bicyclic) bond motifs is 3. The maximum atomic E-state index is 6.02. The van der Waals surface area contributed by atoms with Crippen LogP contribution in [0.25, 0.3) is 10.9 Å². The van der Waals surface area contributed by atoms with Crippen molar-refractivity contribution in [1.82, 2.24) is 4.98 Å². The molecule has 0 fully saturated rings. The third kappa shape index (κ3) is 1.42. The van der Waals surface area contributed by atoms with E-state index in [0.717, 1.165) is 19.3 Å².